The highest BCUT2D eigenvalue weighted by Gasteiger charge is 2.11. The number of benzene rings is 1. The molecule has 2 aromatic rings. The zero-order valence-electron chi connectivity index (χ0n) is 10.1. The van der Waals surface area contributed by atoms with Gasteiger partial charge >= 0.3 is 0 Å². The number of halogens is 1. The number of aryl methyl sites for hydroxylation is 2. The van der Waals surface area contributed by atoms with Crippen LogP contribution in [0.3, 0.4) is 0 Å². The number of carbonyl (C=O) groups excluding carboxylic acids is 1. The average Bonchev–Trinajstić information content (AvgIpc) is 2.68. The van der Waals surface area contributed by atoms with Gasteiger partial charge in [-0.05, 0) is 32.0 Å². The minimum absolute atomic E-state index is 0.309. The Morgan fingerprint density at radius 1 is 1.44 bits per heavy atom. The Morgan fingerprint density at radius 2 is 2.22 bits per heavy atom. The van der Waals surface area contributed by atoms with Crippen LogP contribution in [0, 0.1) is 13.8 Å². The van der Waals surface area contributed by atoms with Gasteiger partial charge in [-0.1, -0.05) is 16.8 Å². The summed E-state index contributed by atoms with van der Waals surface area (Å²) in [5.41, 5.74) is 2.10. The molecule has 2 rings (SSSR count). The molecule has 5 heteroatoms. The van der Waals surface area contributed by atoms with Crippen LogP contribution < -0.4 is 4.74 Å². The van der Waals surface area contributed by atoms with Gasteiger partial charge in [0.15, 0.2) is 6.29 Å². The Morgan fingerprint density at radius 3 is 2.83 bits per heavy atom. The summed E-state index contributed by atoms with van der Waals surface area (Å²) in [5.74, 6) is 1.21. The van der Waals surface area contributed by atoms with E-state index in [1.807, 2.05) is 13.8 Å². The van der Waals surface area contributed by atoms with E-state index in [0.29, 0.717) is 35.0 Å². The molecule has 0 fully saturated rings. The molecule has 0 saturated heterocycles. The van der Waals surface area contributed by atoms with Crippen LogP contribution >= 0.6 is 11.6 Å². The summed E-state index contributed by atoms with van der Waals surface area (Å²) < 4.78 is 10.6. The number of hydrogen-bond donors (Lipinski definition) is 0. The highest BCUT2D eigenvalue weighted by molar-refractivity contribution is 6.30. The van der Waals surface area contributed by atoms with E-state index in [1.54, 1.807) is 18.2 Å². The maximum absolute atomic E-state index is 10.9. The molecular weight excluding hydrogens is 254 g/mol. The first-order valence-corrected chi connectivity index (χ1v) is 5.79. The number of rotatable bonds is 4. The standard InChI is InChI=1S/C13H12ClNO3/c1-8-12(9(2)18-15-8)7-17-13-4-3-11(14)5-10(13)6-16/h3-6H,7H2,1-2H3. The van der Waals surface area contributed by atoms with Crippen molar-refractivity contribution in [2.75, 3.05) is 0 Å². The Labute approximate surface area is 109 Å². The molecule has 0 unspecified atom stereocenters. The van der Waals surface area contributed by atoms with Gasteiger partial charge in [-0.2, -0.15) is 0 Å². The van der Waals surface area contributed by atoms with Crippen LogP contribution in [-0.2, 0) is 6.61 Å². The first-order chi connectivity index (χ1) is 8.61. The van der Waals surface area contributed by atoms with Crippen molar-refractivity contribution in [3.05, 3.63) is 45.8 Å². The fourth-order valence-electron chi connectivity index (χ4n) is 1.60. The van der Waals surface area contributed by atoms with Gasteiger partial charge in [0, 0.05) is 5.02 Å². The smallest absolute Gasteiger partial charge is 0.153 e. The second kappa shape index (κ2) is 5.23. The van der Waals surface area contributed by atoms with Crippen LogP contribution in [0.1, 0.15) is 27.4 Å². The monoisotopic (exact) mass is 265 g/mol. The fourth-order valence-corrected chi connectivity index (χ4v) is 1.78. The van der Waals surface area contributed by atoms with E-state index < -0.39 is 0 Å². The molecule has 0 N–H and O–H groups in total. The number of nitrogens with zero attached hydrogens (tertiary/aromatic N) is 1. The van der Waals surface area contributed by atoms with E-state index in [-0.39, 0.29) is 0 Å². The Balaban J connectivity index is 2.18. The molecule has 0 amide bonds. The molecule has 0 saturated carbocycles. The zero-order valence-corrected chi connectivity index (χ0v) is 10.8. The van der Waals surface area contributed by atoms with Crippen molar-refractivity contribution in [3.63, 3.8) is 0 Å². The Bertz CT molecular complexity index is 558. The summed E-state index contributed by atoms with van der Waals surface area (Å²) in [6, 6.07) is 4.92. The first-order valence-electron chi connectivity index (χ1n) is 5.41. The highest BCUT2D eigenvalue weighted by Crippen LogP contribution is 2.23. The minimum atomic E-state index is 0.309. The van der Waals surface area contributed by atoms with E-state index in [9.17, 15) is 4.79 Å². The predicted molar refractivity (Wildman–Crippen MR) is 67.1 cm³/mol. The van der Waals surface area contributed by atoms with Crippen molar-refractivity contribution in [1.82, 2.24) is 5.16 Å². The van der Waals surface area contributed by atoms with Gasteiger partial charge < -0.3 is 9.26 Å². The average molecular weight is 266 g/mol. The van der Waals surface area contributed by atoms with Crippen LogP contribution in [0.25, 0.3) is 0 Å². The summed E-state index contributed by atoms with van der Waals surface area (Å²) in [7, 11) is 0. The summed E-state index contributed by atoms with van der Waals surface area (Å²) in [4.78, 5) is 10.9. The molecule has 0 radical (unpaired) electrons. The van der Waals surface area contributed by atoms with E-state index in [2.05, 4.69) is 5.16 Å². The topological polar surface area (TPSA) is 52.3 Å². The van der Waals surface area contributed by atoms with Crippen molar-refractivity contribution in [3.8, 4) is 5.75 Å². The summed E-state index contributed by atoms with van der Waals surface area (Å²) in [6.07, 6.45) is 0.717. The van der Waals surface area contributed by atoms with E-state index in [4.69, 9.17) is 20.9 Å². The number of carbonyl (C=O) groups is 1. The second-order valence-corrected chi connectivity index (χ2v) is 4.33. The number of ether oxygens (including phenoxy) is 1. The van der Waals surface area contributed by atoms with E-state index in [1.165, 1.54) is 0 Å². The Hall–Kier alpha value is -1.81. The number of hydrogen-bond acceptors (Lipinski definition) is 4. The van der Waals surface area contributed by atoms with Gasteiger partial charge in [0.1, 0.15) is 18.1 Å². The lowest BCUT2D eigenvalue weighted by Gasteiger charge is -2.08. The van der Waals surface area contributed by atoms with Crippen LogP contribution in [-0.4, -0.2) is 11.4 Å². The molecule has 18 heavy (non-hydrogen) atoms. The first kappa shape index (κ1) is 12.6. The third-order valence-corrected chi connectivity index (χ3v) is 2.89. The van der Waals surface area contributed by atoms with Gasteiger partial charge in [-0.25, -0.2) is 0 Å². The molecule has 0 spiro atoms. The SMILES string of the molecule is Cc1noc(C)c1COc1ccc(Cl)cc1C=O. The van der Waals surface area contributed by atoms with Gasteiger partial charge in [0.2, 0.25) is 0 Å². The molecule has 0 atom stereocenters. The van der Waals surface area contributed by atoms with Crippen LogP contribution in [0.15, 0.2) is 22.7 Å². The van der Waals surface area contributed by atoms with Crippen molar-refractivity contribution >= 4 is 17.9 Å². The third kappa shape index (κ3) is 2.54. The normalized spacial score (nSPS) is 10.4. The quantitative estimate of drug-likeness (QED) is 0.796. The van der Waals surface area contributed by atoms with Crippen molar-refractivity contribution < 1.29 is 14.1 Å². The lowest BCUT2D eigenvalue weighted by Crippen LogP contribution is -2.00. The maximum Gasteiger partial charge on any atom is 0.153 e. The lowest BCUT2D eigenvalue weighted by atomic mass is 10.2. The molecule has 94 valence electrons. The van der Waals surface area contributed by atoms with E-state index in [0.717, 1.165) is 11.3 Å². The fraction of sp³-hybridized carbons (Fsp3) is 0.231. The van der Waals surface area contributed by atoms with Crippen LogP contribution in [0.2, 0.25) is 5.02 Å². The maximum atomic E-state index is 10.9. The Kier molecular flexibility index (Phi) is 3.67. The van der Waals surface area contributed by atoms with E-state index >= 15 is 0 Å². The van der Waals surface area contributed by atoms with Crippen LogP contribution in [0.4, 0.5) is 0 Å². The summed E-state index contributed by atoms with van der Waals surface area (Å²) in [5, 5.41) is 4.34. The molecule has 1 aromatic heterocycles. The molecule has 1 heterocycles. The van der Waals surface area contributed by atoms with Gasteiger partial charge in [0.05, 0.1) is 16.8 Å². The predicted octanol–water partition coefficient (Wildman–Crippen LogP) is 3.34. The van der Waals surface area contributed by atoms with Crippen LogP contribution in [0.5, 0.6) is 5.75 Å². The molecule has 0 aliphatic carbocycles. The molecular formula is C13H12ClNO3. The summed E-state index contributed by atoms with van der Waals surface area (Å²) >= 11 is 5.81. The van der Waals surface area contributed by atoms with Gasteiger partial charge in [0.25, 0.3) is 0 Å². The molecule has 4 nitrogen and oxygen atoms in total. The van der Waals surface area contributed by atoms with Crippen molar-refractivity contribution in [2.45, 2.75) is 20.5 Å². The molecule has 0 aliphatic rings. The third-order valence-electron chi connectivity index (χ3n) is 2.65. The molecule has 0 aliphatic heterocycles. The largest absolute Gasteiger partial charge is 0.488 e. The van der Waals surface area contributed by atoms with Gasteiger partial charge in [-0.15, -0.1) is 0 Å². The van der Waals surface area contributed by atoms with Crippen molar-refractivity contribution in [2.24, 2.45) is 0 Å². The lowest BCUT2D eigenvalue weighted by molar-refractivity contribution is 0.111. The minimum Gasteiger partial charge on any atom is -0.488 e. The van der Waals surface area contributed by atoms with Crippen molar-refractivity contribution in [1.29, 1.82) is 0 Å². The number of aldehydes is 1. The van der Waals surface area contributed by atoms with Gasteiger partial charge in [-0.3, -0.25) is 4.79 Å². The summed E-state index contributed by atoms with van der Waals surface area (Å²) in [6.45, 7) is 3.97. The highest BCUT2D eigenvalue weighted by atomic mass is 35.5. The number of aromatic nitrogens is 1. The molecule has 1 aromatic carbocycles. The molecule has 0 bridgehead atoms. The zero-order chi connectivity index (χ0) is 13.1. The second-order valence-electron chi connectivity index (χ2n) is 3.89.